The topological polar surface area (TPSA) is 52.1 Å². The van der Waals surface area contributed by atoms with E-state index in [2.05, 4.69) is 14.7 Å². The molecule has 0 fully saturated rings. The Hall–Kier alpha value is -1.97. The standard InChI is InChI=1S/C10H8N2O2/c1-14-10(13)7-2-3-8-9(6-7)12-5-4-11-8/h2-6H,1H3/i4D,5D. The Labute approximate surface area is 83.4 Å². The van der Waals surface area contributed by atoms with Crippen LogP contribution < -0.4 is 0 Å². The second-order valence-electron chi connectivity index (χ2n) is 2.64. The monoisotopic (exact) mass is 190 g/mol. The summed E-state index contributed by atoms with van der Waals surface area (Å²) in [6.07, 6.45) is -0.396. The summed E-state index contributed by atoms with van der Waals surface area (Å²) in [6, 6.07) is 4.61. The third-order valence-electron chi connectivity index (χ3n) is 1.80. The highest BCUT2D eigenvalue weighted by Gasteiger charge is 2.05. The summed E-state index contributed by atoms with van der Waals surface area (Å²) in [6.45, 7) is 0. The molecule has 4 nitrogen and oxygen atoms in total. The van der Waals surface area contributed by atoms with Crippen LogP contribution in [-0.4, -0.2) is 23.0 Å². The molecule has 0 aliphatic heterocycles. The molecule has 1 aromatic heterocycles. The van der Waals surface area contributed by atoms with Crippen molar-refractivity contribution in [1.82, 2.24) is 9.97 Å². The van der Waals surface area contributed by atoms with Gasteiger partial charge in [-0.15, -0.1) is 0 Å². The van der Waals surface area contributed by atoms with Crippen molar-refractivity contribution in [2.75, 3.05) is 7.11 Å². The van der Waals surface area contributed by atoms with Crippen molar-refractivity contribution in [1.29, 1.82) is 0 Å². The van der Waals surface area contributed by atoms with Gasteiger partial charge < -0.3 is 4.74 Å². The van der Waals surface area contributed by atoms with Gasteiger partial charge in [0, 0.05) is 12.3 Å². The maximum absolute atomic E-state index is 11.3. The lowest BCUT2D eigenvalue weighted by molar-refractivity contribution is 0.0601. The summed E-state index contributed by atoms with van der Waals surface area (Å²) in [5.74, 6) is -0.467. The number of rotatable bonds is 1. The summed E-state index contributed by atoms with van der Waals surface area (Å²) >= 11 is 0. The summed E-state index contributed by atoms with van der Waals surface area (Å²) in [5, 5.41) is 0. The predicted molar refractivity (Wildman–Crippen MR) is 50.9 cm³/mol. The predicted octanol–water partition coefficient (Wildman–Crippen LogP) is 1.42. The molecule has 1 heterocycles. The number of carbonyl (C=O) groups excluding carboxylic acids is 1. The molecule has 0 saturated heterocycles. The number of benzene rings is 1. The highest BCUT2D eigenvalue weighted by Crippen LogP contribution is 2.11. The molecule has 0 radical (unpaired) electrons. The Morgan fingerprint density at radius 2 is 2.07 bits per heavy atom. The van der Waals surface area contributed by atoms with Crippen LogP contribution in [0.15, 0.2) is 30.5 Å². The first-order chi connectivity index (χ1) is 7.61. The van der Waals surface area contributed by atoms with E-state index in [1.165, 1.54) is 13.2 Å². The summed E-state index contributed by atoms with van der Waals surface area (Å²) in [7, 11) is 1.29. The number of fused-ring (bicyclic) bond motifs is 1. The van der Waals surface area contributed by atoms with Crippen molar-refractivity contribution >= 4 is 17.0 Å². The quantitative estimate of drug-likeness (QED) is 0.638. The molecular formula is C10H8N2O2. The van der Waals surface area contributed by atoms with Crippen LogP contribution in [0.3, 0.4) is 0 Å². The number of carbonyl (C=O) groups is 1. The first-order valence-corrected chi connectivity index (χ1v) is 3.95. The van der Waals surface area contributed by atoms with Gasteiger partial charge in [-0.2, -0.15) is 0 Å². The van der Waals surface area contributed by atoms with Crippen molar-refractivity contribution in [3.63, 3.8) is 0 Å². The molecule has 0 N–H and O–H groups in total. The van der Waals surface area contributed by atoms with Crippen LogP contribution in [0.4, 0.5) is 0 Å². The largest absolute Gasteiger partial charge is 0.465 e. The molecule has 0 spiro atoms. The van der Waals surface area contributed by atoms with Gasteiger partial charge in [0.15, 0.2) is 0 Å². The van der Waals surface area contributed by atoms with Crippen molar-refractivity contribution in [3.8, 4) is 0 Å². The van der Waals surface area contributed by atoms with Crippen LogP contribution in [0.25, 0.3) is 11.0 Å². The van der Waals surface area contributed by atoms with Crippen molar-refractivity contribution in [2.24, 2.45) is 0 Å². The number of hydrogen-bond acceptors (Lipinski definition) is 4. The van der Waals surface area contributed by atoms with Crippen LogP contribution in [0, 0.1) is 0 Å². The van der Waals surface area contributed by atoms with Crippen molar-refractivity contribution < 1.29 is 12.3 Å². The van der Waals surface area contributed by atoms with Crippen LogP contribution in [0.5, 0.6) is 0 Å². The van der Waals surface area contributed by atoms with Gasteiger partial charge >= 0.3 is 5.97 Å². The van der Waals surface area contributed by atoms with E-state index >= 15 is 0 Å². The molecule has 2 rings (SSSR count). The Bertz CT molecular complexity index is 572. The number of esters is 1. The lowest BCUT2D eigenvalue weighted by Gasteiger charge is -1.99. The average Bonchev–Trinajstić information content (AvgIpc) is 2.29. The molecule has 14 heavy (non-hydrogen) atoms. The zero-order valence-electron chi connectivity index (χ0n) is 9.44. The highest BCUT2D eigenvalue weighted by molar-refractivity contribution is 5.93. The molecule has 0 saturated carbocycles. The fraction of sp³-hybridized carbons (Fsp3) is 0.100. The SMILES string of the molecule is [2H]c1nc2ccc(C(=O)OC)cc2nc1[2H]. The molecule has 2 aromatic rings. The van der Waals surface area contributed by atoms with Gasteiger partial charge in [0.2, 0.25) is 0 Å². The average molecular weight is 190 g/mol. The minimum absolute atomic E-state index is 0.182. The van der Waals surface area contributed by atoms with Crippen LogP contribution in [-0.2, 0) is 4.74 Å². The first-order valence-electron chi connectivity index (χ1n) is 4.95. The number of aromatic nitrogens is 2. The van der Waals surface area contributed by atoms with Crippen LogP contribution >= 0.6 is 0 Å². The molecule has 70 valence electrons. The van der Waals surface area contributed by atoms with E-state index < -0.39 is 5.97 Å². The molecule has 0 atom stereocenters. The van der Waals surface area contributed by atoms with E-state index in [-0.39, 0.29) is 12.3 Å². The van der Waals surface area contributed by atoms with Crippen molar-refractivity contribution in [3.05, 3.63) is 36.1 Å². The van der Waals surface area contributed by atoms with E-state index in [9.17, 15) is 4.79 Å². The second-order valence-corrected chi connectivity index (χ2v) is 2.64. The van der Waals surface area contributed by atoms with Gasteiger partial charge in [-0.3, -0.25) is 9.97 Å². The van der Waals surface area contributed by atoms with E-state index in [0.29, 0.717) is 16.6 Å². The maximum Gasteiger partial charge on any atom is 0.337 e. The summed E-state index contributed by atoms with van der Waals surface area (Å²) < 4.78 is 19.2. The molecule has 0 aliphatic rings. The van der Waals surface area contributed by atoms with Gasteiger partial charge in [-0.05, 0) is 18.2 Å². The molecule has 0 bridgehead atoms. The van der Waals surface area contributed by atoms with Gasteiger partial charge in [0.05, 0.1) is 26.4 Å². The number of methoxy groups -OCH3 is 1. The fourth-order valence-electron chi connectivity index (χ4n) is 1.12. The molecular weight excluding hydrogens is 180 g/mol. The maximum atomic E-state index is 11.3. The zero-order valence-corrected chi connectivity index (χ0v) is 7.44. The molecule has 0 unspecified atom stereocenters. The zero-order chi connectivity index (χ0) is 11.7. The molecule has 0 aliphatic carbocycles. The first kappa shape index (κ1) is 6.48. The Kier molecular flexibility index (Phi) is 1.58. The molecule has 4 heteroatoms. The number of hydrogen-bond donors (Lipinski definition) is 0. The fourth-order valence-corrected chi connectivity index (χ4v) is 1.12. The third-order valence-corrected chi connectivity index (χ3v) is 1.80. The molecule has 1 aromatic carbocycles. The van der Waals surface area contributed by atoms with E-state index in [0.717, 1.165) is 0 Å². The third kappa shape index (κ3) is 1.42. The lowest BCUT2D eigenvalue weighted by atomic mass is 10.2. The van der Waals surface area contributed by atoms with Crippen LogP contribution in [0.2, 0.25) is 0 Å². The summed E-state index contributed by atoms with van der Waals surface area (Å²) in [5.41, 5.74) is 1.24. The number of ether oxygens (including phenoxy) is 1. The highest BCUT2D eigenvalue weighted by atomic mass is 16.5. The number of nitrogens with zero attached hydrogens (tertiary/aromatic N) is 2. The minimum atomic E-state index is -0.467. The molecule has 0 amide bonds. The Morgan fingerprint density at radius 3 is 2.79 bits per heavy atom. The van der Waals surface area contributed by atoms with Crippen molar-refractivity contribution in [2.45, 2.75) is 0 Å². The normalized spacial score (nSPS) is 12.1. The van der Waals surface area contributed by atoms with E-state index in [4.69, 9.17) is 2.74 Å². The Morgan fingerprint density at radius 1 is 1.36 bits per heavy atom. The van der Waals surface area contributed by atoms with Gasteiger partial charge in [-0.25, -0.2) is 4.79 Å². The van der Waals surface area contributed by atoms with Gasteiger partial charge in [0.1, 0.15) is 0 Å². The smallest absolute Gasteiger partial charge is 0.337 e. The minimum Gasteiger partial charge on any atom is -0.465 e. The Balaban J connectivity index is 2.62. The lowest BCUT2D eigenvalue weighted by Crippen LogP contribution is -2.00. The van der Waals surface area contributed by atoms with E-state index in [1.807, 2.05) is 0 Å². The van der Waals surface area contributed by atoms with Gasteiger partial charge in [0.25, 0.3) is 0 Å². The van der Waals surface area contributed by atoms with Gasteiger partial charge in [-0.1, -0.05) is 0 Å². The summed E-state index contributed by atoms with van der Waals surface area (Å²) in [4.78, 5) is 19.0. The van der Waals surface area contributed by atoms with E-state index in [1.54, 1.807) is 12.1 Å². The second kappa shape index (κ2) is 3.41. The van der Waals surface area contributed by atoms with Crippen LogP contribution in [0.1, 0.15) is 13.1 Å².